The molecule has 0 saturated carbocycles. The molecule has 0 bridgehead atoms. The number of carbonyl (C=O) groups excluding carboxylic acids is 1. The molecule has 1 N–H and O–H groups in total. The molecular formula is C13H13N3O2. The lowest BCUT2D eigenvalue weighted by Crippen LogP contribution is -2.13. The van der Waals surface area contributed by atoms with E-state index < -0.39 is 0 Å². The van der Waals surface area contributed by atoms with Crippen molar-refractivity contribution < 1.29 is 9.53 Å². The van der Waals surface area contributed by atoms with Gasteiger partial charge < -0.3 is 10.1 Å². The molecule has 0 atom stereocenters. The summed E-state index contributed by atoms with van der Waals surface area (Å²) in [5.74, 6) is 0.422. The quantitative estimate of drug-likeness (QED) is 0.893. The Bertz CT molecular complexity index is 529. The molecule has 0 radical (unpaired) electrons. The summed E-state index contributed by atoms with van der Waals surface area (Å²) < 4.78 is 5.35. The lowest BCUT2D eigenvalue weighted by atomic mass is 10.3. The Balaban J connectivity index is 2.10. The minimum absolute atomic E-state index is 0.277. The second-order valence-corrected chi connectivity index (χ2v) is 3.51. The van der Waals surface area contributed by atoms with Crippen LogP contribution in [0.15, 0.2) is 42.9 Å². The minimum atomic E-state index is -0.295. The molecule has 0 aliphatic rings. The third kappa shape index (κ3) is 3.04. The predicted molar refractivity (Wildman–Crippen MR) is 67.6 cm³/mol. The average Bonchev–Trinajstić information content (AvgIpc) is 2.40. The summed E-state index contributed by atoms with van der Waals surface area (Å²) in [7, 11) is 0. The van der Waals surface area contributed by atoms with Crippen LogP contribution in [0.25, 0.3) is 0 Å². The topological polar surface area (TPSA) is 64.1 Å². The molecule has 18 heavy (non-hydrogen) atoms. The maximum atomic E-state index is 11.8. The third-order valence-corrected chi connectivity index (χ3v) is 2.20. The summed E-state index contributed by atoms with van der Waals surface area (Å²) >= 11 is 0. The Morgan fingerprint density at radius 1 is 1.39 bits per heavy atom. The maximum absolute atomic E-state index is 11.8. The number of amides is 1. The Morgan fingerprint density at radius 2 is 2.28 bits per heavy atom. The Morgan fingerprint density at radius 3 is 3.00 bits per heavy atom. The van der Waals surface area contributed by atoms with Crippen LogP contribution in [0.5, 0.6) is 5.75 Å². The fourth-order valence-electron chi connectivity index (χ4n) is 1.44. The standard InChI is InChI=1S/C13H13N3O2/c1-2-18-11-5-3-4-10(8-11)16-13(17)12-9-14-6-7-15-12/h3-9H,2H2,1H3,(H,16,17). The van der Waals surface area contributed by atoms with Gasteiger partial charge in [-0.25, -0.2) is 4.98 Å². The van der Waals surface area contributed by atoms with Crippen LogP contribution < -0.4 is 10.1 Å². The number of rotatable bonds is 4. The molecule has 2 rings (SSSR count). The van der Waals surface area contributed by atoms with Gasteiger partial charge in [-0.15, -0.1) is 0 Å². The molecule has 0 fully saturated rings. The second-order valence-electron chi connectivity index (χ2n) is 3.51. The number of benzene rings is 1. The van der Waals surface area contributed by atoms with E-state index in [9.17, 15) is 4.79 Å². The van der Waals surface area contributed by atoms with Gasteiger partial charge in [0.15, 0.2) is 0 Å². The number of carbonyl (C=O) groups is 1. The van der Waals surface area contributed by atoms with Crippen LogP contribution in [0.3, 0.4) is 0 Å². The summed E-state index contributed by atoms with van der Waals surface area (Å²) in [5, 5.41) is 2.74. The van der Waals surface area contributed by atoms with Crippen molar-refractivity contribution in [2.24, 2.45) is 0 Å². The van der Waals surface area contributed by atoms with Crippen molar-refractivity contribution in [3.05, 3.63) is 48.5 Å². The average molecular weight is 243 g/mol. The minimum Gasteiger partial charge on any atom is -0.494 e. The lowest BCUT2D eigenvalue weighted by molar-refractivity contribution is 0.102. The van der Waals surface area contributed by atoms with Crippen LogP contribution in [0.2, 0.25) is 0 Å². The molecule has 0 saturated heterocycles. The van der Waals surface area contributed by atoms with E-state index in [0.29, 0.717) is 12.3 Å². The first-order valence-corrected chi connectivity index (χ1v) is 5.60. The fraction of sp³-hybridized carbons (Fsp3) is 0.154. The number of nitrogens with one attached hydrogen (secondary N) is 1. The normalized spacial score (nSPS) is 9.83. The zero-order chi connectivity index (χ0) is 12.8. The zero-order valence-corrected chi connectivity index (χ0v) is 9.96. The van der Waals surface area contributed by atoms with E-state index in [1.165, 1.54) is 18.6 Å². The van der Waals surface area contributed by atoms with Gasteiger partial charge in [0.05, 0.1) is 12.8 Å². The molecule has 1 aromatic carbocycles. The van der Waals surface area contributed by atoms with Crippen molar-refractivity contribution in [3.63, 3.8) is 0 Å². The van der Waals surface area contributed by atoms with Gasteiger partial charge >= 0.3 is 0 Å². The first-order valence-electron chi connectivity index (χ1n) is 5.60. The van der Waals surface area contributed by atoms with Crippen LogP contribution in [-0.4, -0.2) is 22.5 Å². The summed E-state index contributed by atoms with van der Waals surface area (Å²) in [6.07, 6.45) is 4.42. The highest BCUT2D eigenvalue weighted by Crippen LogP contribution is 2.17. The van der Waals surface area contributed by atoms with Crippen molar-refractivity contribution >= 4 is 11.6 Å². The monoisotopic (exact) mass is 243 g/mol. The Labute approximate surface area is 105 Å². The van der Waals surface area contributed by atoms with Crippen molar-refractivity contribution in [2.45, 2.75) is 6.92 Å². The van der Waals surface area contributed by atoms with Gasteiger partial charge in [0.2, 0.25) is 0 Å². The fourth-order valence-corrected chi connectivity index (χ4v) is 1.44. The maximum Gasteiger partial charge on any atom is 0.275 e. The first-order chi connectivity index (χ1) is 8.79. The molecule has 2 aromatic rings. The number of ether oxygens (including phenoxy) is 1. The van der Waals surface area contributed by atoms with Crippen LogP contribution in [0.4, 0.5) is 5.69 Å². The number of aromatic nitrogens is 2. The SMILES string of the molecule is CCOc1cccc(NC(=O)c2cnccn2)c1. The van der Waals surface area contributed by atoms with Crippen LogP contribution in [-0.2, 0) is 0 Å². The largest absolute Gasteiger partial charge is 0.494 e. The van der Waals surface area contributed by atoms with E-state index in [-0.39, 0.29) is 11.6 Å². The third-order valence-electron chi connectivity index (χ3n) is 2.20. The van der Waals surface area contributed by atoms with Crippen LogP contribution >= 0.6 is 0 Å². The number of hydrogen-bond donors (Lipinski definition) is 1. The van der Waals surface area contributed by atoms with Crippen molar-refractivity contribution in [2.75, 3.05) is 11.9 Å². The van der Waals surface area contributed by atoms with Crippen molar-refractivity contribution in [3.8, 4) is 5.75 Å². The molecule has 0 spiro atoms. The van der Waals surface area contributed by atoms with E-state index >= 15 is 0 Å². The van der Waals surface area contributed by atoms with Crippen LogP contribution in [0.1, 0.15) is 17.4 Å². The van der Waals surface area contributed by atoms with Gasteiger partial charge in [-0.3, -0.25) is 9.78 Å². The highest BCUT2D eigenvalue weighted by atomic mass is 16.5. The molecule has 5 nitrogen and oxygen atoms in total. The van der Waals surface area contributed by atoms with Gasteiger partial charge in [-0.1, -0.05) is 6.07 Å². The van der Waals surface area contributed by atoms with Gasteiger partial charge in [0, 0.05) is 24.1 Å². The van der Waals surface area contributed by atoms with E-state index in [0.717, 1.165) is 5.75 Å². The molecular weight excluding hydrogens is 230 g/mol. The highest BCUT2D eigenvalue weighted by molar-refractivity contribution is 6.02. The number of hydrogen-bond acceptors (Lipinski definition) is 4. The van der Waals surface area contributed by atoms with Gasteiger partial charge in [-0.05, 0) is 19.1 Å². The summed E-state index contributed by atoms with van der Waals surface area (Å²) in [6.45, 7) is 2.49. The summed E-state index contributed by atoms with van der Waals surface area (Å²) in [6, 6.07) is 7.20. The highest BCUT2D eigenvalue weighted by Gasteiger charge is 2.07. The molecule has 0 unspecified atom stereocenters. The second kappa shape index (κ2) is 5.77. The summed E-state index contributed by atoms with van der Waals surface area (Å²) in [4.78, 5) is 19.6. The molecule has 0 aliphatic carbocycles. The van der Waals surface area contributed by atoms with E-state index in [2.05, 4.69) is 15.3 Å². The van der Waals surface area contributed by atoms with Gasteiger partial charge in [-0.2, -0.15) is 0 Å². The predicted octanol–water partition coefficient (Wildman–Crippen LogP) is 2.13. The first kappa shape index (κ1) is 12.0. The van der Waals surface area contributed by atoms with E-state index in [1.54, 1.807) is 12.1 Å². The van der Waals surface area contributed by atoms with Gasteiger partial charge in [0.25, 0.3) is 5.91 Å². The van der Waals surface area contributed by atoms with Crippen molar-refractivity contribution in [1.82, 2.24) is 9.97 Å². The smallest absolute Gasteiger partial charge is 0.275 e. The molecule has 5 heteroatoms. The molecule has 1 heterocycles. The summed E-state index contributed by atoms with van der Waals surface area (Å²) in [5.41, 5.74) is 0.941. The molecule has 1 aromatic heterocycles. The molecule has 0 aliphatic heterocycles. The van der Waals surface area contributed by atoms with E-state index in [1.807, 2.05) is 19.1 Å². The van der Waals surface area contributed by atoms with E-state index in [4.69, 9.17) is 4.74 Å². The molecule has 92 valence electrons. The zero-order valence-electron chi connectivity index (χ0n) is 9.96. The van der Waals surface area contributed by atoms with Gasteiger partial charge in [0.1, 0.15) is 11.4 Å². The molecule has 1 amide bonds. The Kier molecular flexibility index (Phi) is 3.86. The number of anilines is 1. The lowest BCUT2D eigenvalue weighted by Gasteiger charge is -2.07. The van der Waals surface area contributed by atoms with Crippen LogP contribution in [0, 0.1) is 0 Å². The van der Waals surface area contributed by atoms with Crippen molar-refractivity contribution in [1.29, 1.82) is 0 Å². The number of nitrogens with zero attached hydrogens (tertiary/aromatic N) is 2. The Hall–Kier alpha value is -2.43.